The van der Waals surface area contributed by atoms with E-state index < -0.39 is 5.97 Å². The van der Waals surface area contributed by atoms with E-state index in [1.807, 2.05) is 0 Å². The number of carboxylic acids is 1. The van der Waals surface area contributed by atoms with Gasteiger partial charge in [-0.25, -0.2) is 0 Å². The highest BCUT2D eigenvalue weighted by Crippen LogP contribution is 2.30. The van der Waals surface area contributed by atoms with Crippen LogP contribution in [0.4, 0.5) is 0 Å². The molecule has 0 saturated carbocycles. The number of likely N-dealkylation sites (tertiary alicyclic amines) is 1. The lowest BCUT2D eigenvalue weighted by Gasteiger charge is -2.40. The van der Waals surface area contributed by atoms with Gasteiger partial charge in [0.15, 0.2) is 0 Å². The molecule has 1 aliphatic heterocycles. The molecule has 1 saturated heterocycles. The smallest absolute Gasteiger partial charge is 0.320 e. The van der Waals surface area contributed by atoms with Crippen molar-refractivity contribution in [2.75, 3.05) is 13.1 Å². The molecule has 1 heterocycles. The predicted molar refractivity (Wildman–Crippen MR) is 65.5 cm³/mol. The molecule has 94 valence electrons. The van der Waals surface area contributed by atoms with Crippen LogP contribution in [0.5, 0.6) is 0 Å². The molecule has 0 aliphatic carbocycles. The lowest BCUT2D eigenvalue weighted by molar-refractivity contribution is -0.145. The van der Waals surface area contributed by atoms with Crippen molar-refractivity contribution in [3.63, 3.8) is 0 Å². The Morgan fingerprint density at radius 1 is 1.50 bits per heavy atom. The second kappa shape index (κ2) is 5.67. The molecule has 1 N–H and O–H groups in total. The molecular weight excluding hydrogens is 202 g/mol. The van der Waals surface area contributed by atoms with Gasteiger partial charge in [0.25, 0.3) is 0 Å². The minimum Gasteiger partial charge on any atom is -0.480 e. The van der Waals surface area contributed by atoms with Gasteiger partial charge in [0, 0.05) is 6.54 Å². The molecule has 3 nitrogen and oxygen atoms in total. The lowest BCUT2D eigenvalue weighted by atomic mass is 9.83. The fraction of sp³-hybridized carbons (Fsp3) is 0.923. The van der Waals surface area contributed by atoms with Crippen LogP contribution in [-0.2, 0) is 4.79 Å². The Bertz CT molecular complexity index is 238. The van der Waals surface area contributed by atoms with Gasteiger partial charge in [-0.2, -0.15) is 0 Å². The quantitative estimate of drug-likeness (QED) is 0.785. The minimum absolute atomic E-state index is 0.264. The molecule has 1 fully saturated rings. The summed E-state index contributed by atoms with van der Waals surface area (Å²) >= 11 is 0. The summed E-state index contributed by atoms with van der Waals surface area (Å²) in [7, 11) is 0. The summed E-state index contributed by atoms with van der Waals surface area (Å²) in [6.07, 6.45) is 5.21. The number of piperidine rings is 1. The average molecular weight is 227 g/mol. The number of hydrogen-bond acceptors (Lipinski definition) is 2. The van der Waals surface area contributed by atoms with E-state index in [0.29, 0.717) is 0 Å². The van der Waals surface area contributed by atoms with E-state index >= 15 is 0 Å². The summed E-state index contributed by atoms with van der Waals surface area (Å²) in [5.41, 5.74) is 0.276. The van der Waals surface area contributed by atoms with Gasteiger partial charge in [0.2, 0.25) is 0 Å². The van der Waals surface area contributed by atoms with Crippen LogP contribution in [0.25, 0.3) is 0 Å². The molecule has 1 unspecified atom stereocenters. The first-order valence-corrected chi connectivity index (χ1v) is 6.43. The van der Waals surface area contributed by atoms with Crippen molar-refractivity contribution in [1.82, 2.24) is 4.90 Å². The Balaban J connectivity index is 2.59. The zero-order chi connectivity index (χ0) is 12.2. The number of unbranched alkanes of at least 4 members (excludes halogenated alkanes) is 1. The third kappa shape index (κ3) is 3.78. The summed E-state index contributed by atoms with van der Waals surface area (Å²) < 4.78 is 0. The van der Waals surface area contributed by atoms with Crippen LogP contribution in [0, 0.1) is 5.41 Å². The van der Waals surface area contributed by atoms with Crippen molar-refractivity contribution in [3.05, 3.63) is 0 Å². The molecule has 16 heavy (non-hydrogen) atoms. The van der Waals surface area contributed by atoms with Crippen LogP contribution < -0.4 is 0 Å². The van der Waals surface area contributed by atoms with E-state index in [0.717, 1.165) is 38.8 Å². The SMILES string of the molecule is CCCCC(C(=O)O)N1CCCC(C)(C)C1. The highest BCUT2D eigenvalue weighted by atomic mass is 16.4. The Morgan fingerprint density at radius 2 is 2.19 bits per heavy atom. The maximum atomic E-state index is 11.3. The van der Waals surface area contributed by atoms with Gasteiger partial charge in [-0.15, -0.1) is 0 Å². The van der Waals surface area contributed by atoms with E-state index in [1.165, 1.54) is 6.42 Å². The highest BCUT2D eigenvalue weighted by molar-refractivity contribution is 5.73. The average Bonchev–Trinajstić information content (AvgIpc) is 2.16. The number of hydrogen-bond donors (Lipinski definition) is 1. The van der Waals surface area contributed by atoms with Crippen molar-refractivity contribution in [2.24, 2.45) is 5.41 Å². The summed E-state index contributed by atoms with van der Waals surface area (Å²) in [4.78, 5) is 13.4. The molecule has 0 aromatic heterocycles. The van der Waals surface area contributed by atoms with E-state index in [4.69, 9.17) is 0 Å². The molecule has 0 spiro atoms. The third-order valence-electron chi connectivity index (χ3n) is 3.49. The van der Waals surface area contributed by atoms with Crippen LogP contribution in [-0.4, -0.2) is 35.1 Å². The molecule has 0 aromatic carbocycles. The number of carbonyl (C=O) groups is 1. The summed E-state index contributed by atoms with van der Waals surface area (Å²) in [6.45, 7) is 8.45. The van der Waals surface area contributed by atoms with Crippen LogP contribution in [0.15, 0.2) is 0 Å². The summed E-state index contributed by atoms with van der Waals surface area (Å²) in [6, 6.07) is -0.264. The maximum Gasteiger partial charge on any atom is 0.320 e. The topological polar surface area (TPSA) is 40.5 Å². The Morgan fingerprint density at radius 3 is 2.69 bits per heavy atom. The second-order valence-electron chi connectivity index (χ2n) is 5.73. The van der Waals surface area contributed by atoms with Gasteiger partial charge in [-0.1, -0.05) is 33.6 Å². The molecule has 0 radical (unpaired) electrons. The van der Waals surface area contributed by atoms with Crippen molar-refractivity contribution >= 4 is 5.97 Å². The number of aliphatic carboxylic acids is 1. The molecule has 3 heteroatoms. The lowest BCUT2D eigenvalue weighted by Crippen LogP contribution is -2.49. The number of carboxylic acid groups (broad SMARTS) is 1. The first-order valence-electron chi connectivity index (χ1n) is 6.43. The molecule has 1 atom stereocenters. The van der Waals surface area contributed by atoms with Crippen molar-refractivity contribution in [3.8, 4) is 0 Å². The maximum absolute atomic E-state index is 11.3. The van der Waals surface area contributed by atoms with Gasteiger partial charge in [0.1, 0.15) is 6.04 Å². The van der Waals surface area contributed by atoms with Gasteiger partial charge in [-0.3, -0.25) is 9.69 Å². The monoisotopic (exact) mass is 227 g/mol. The number of nitrogens with zero attached hydrogens (tertiary/aromatic N) is 1. The van der Waals surface area contributed by atoms with Crippen molar-refractivity contribution in [2.45, 2.75) is 58.9 Å². The Kier molecular flexibility index (Phi) is 4.78. The van der Waals surface area contributed by atoms with E-state index in [-0.39, 0.29) is 11.5 Å². The van der Waals surface area contributed by atoms with Crippen LogP contribution in [0.1, 0.15) is 52.9 Å². The first kappa shape index (κ1) is 13.5. The molecule has 0 bridgehead atoms. The Hall–Kier alpha value is -0.570. The van der Waals surface area contributed by atoms with Gasteiger partial charge >= 0.3 is 5.97 Å². The molecule has 0 aromatic rings. The van der Waals surface area contributed by atoms with Crippen molar-refractivity contribution < 1.29 is 9.90 Å². The van der Waals surface area contributed by atoms with Gasteiger partial charge in [0.05, 0.1) is 0 Å². The van der Waals surface area contributed by atoms with E-state index in [1.54, 1.807) is 0 Å². The third-order valence-corrected chi connectivity index (χ3v) is 3.49. The zero-order valence-electron chi connectivity index (χ0n) is 10.8. The normalized spacial score (nSPS) is 22.9. The standard InChI is InChI=1S/C13H25NO2/c1-4-5-7-11(12(15)16)14-9-6-8-13(2,3)10-14/h11H,4-10H2,1-3H3,(H,15,16). The minimum atomic E-state index is -0.647. The van der Waals surface area contributed by atoms with E-state index in [2.05, 4.69) is 25.7 Å². The molecule has 1 aliphatic rings. The van der Waals surface area contributed by atoms with Crippen LogP contribution in [0.3, 0.4) is 0 Å². The zero-order valence-corrected chi connectivity index (χ0v) is 10.8. The van der Waals surface area contributed by atoms with Crippen LogP contribution >= 0.6 is 0 Å². The molecule has 1 rings (SSSR count). The molecular formula is C13H25NO2. The predicted octanol–water partition coefficient (Wildman–Crippen LogP) is 2.75. The number of rotatable bonds is 5. The Labute approximate surface area is 98.8 Å². The van der Waals surface area contributed by atoms with E-state index in [9.17, 15) is 9.90 Å². The summed E-state index contributed by atoms with van der Waals surface area (Å²) in [5, 5.41) is 9.28. The molecule has 0 amide bonds. The van der Waals surface area contributed by atoms with Gasteiger partial charge in [-0.05, 0) is 31.2 Å². The van der Waals surface area contributed by atoms with Gasteiger partial charge < -0.3 is 5.11 Å². The largest absolute Gasteiger partial charge is 0.480 e. The van der Waals surface area contributed by atoms with Crippen LogP contribution in [0.2, 0.25) is 0 Å². The summed E-state index contributed by atoms with van der Waals surface area (Å²) in [5.74, 6) is -0.647. The first-order chi connectivity index (χ1) is 7.46. The fourth-order valence-corrected chi connectivity index (χ4v) is 2.59. The second-order valence-corrected chi connectivity index (χ2v) is 5.73. The highest BCUT2D eigenvalue weighted by Gasteiger charge is 2.33. The fourth-order valence-electron chi connectivity index (χ4n) is 2.59. The van der Waals surface area contributed by atoms with Crippen molar-refractivity contribution in [1.29, 1.82) is 0 Å².